The monoisotopic (exact) mass is 1560 g/mol. The van der Waals surface area contributed by atoms with E-state index in [2.05, 4.69) is 44.6 Å². The summed E-state index contributed by atoms with van der Waals surface area (Å²) in [6.07, 6.45) is 0. The van der Waals surface area contributed by atoms with Gasteiger partial charge in [-0.2, -0.15) is 105 Å². The van der Waals surface area contributed by atoms with Gasteiger partial charge in [0.05, 0.1) is 9.85 Å². The Morgan fingerprint density at radius 3 is 0.567 bits per heavy atom. The first-order valence-corrected chi connectivity index (χ1v) is 25.6. The van der Waals surface area contributed by atoms with E-state index < -0.39 is 288 Å². The van der Waals surface area contributed by atoms with Gasteiger partial charge in [-0.25, -0.2) is 39.5 Å². The summed E-state index contributed by atoms with van der Waals surface area (Å²) in [5.41, 5.74) is 0.267. The maximum atomic E-state index is 14.3. The molecule has 0 saturated carbocycles. The molecule has 0 unspecified atom stereocenters. The molecule has 0 spiro atoms. The lowest BCUT2D eigenvalue weighted by molar-refractivity contribution is -0.390. The Bertz CT molecular complexity index is 4070. The molecule has 48 heteroatoms. The first kappa shape index (κ1) is 86.8. The van der Waals surface area contributed by atoms with Gasteiger partial charge in [-0.1, -0.05) is 28.2 Å². The number of ether oxygens (including phenoxy) is 4. The Balaban J connectivity index is 0.000000382. The van der Waals surface area contributed by atoms with Crippen molar-refractivity contribution in [2.75, 3.05) is 31.1 Å². The molecule has 8 rings (SSSR count). The predicted molar refractivity (Wildman–Crippen MR) is 281 cm³/mol. The van der Waals surface area contributed by atoms with Crippen LogP contribution in [0.1, 0.15) is 33.8 Å². The van der Waals surface area contributed by atoms with Gasteiger partial charge in [0.15, 0.2) is 58.0 Å². The highest BCUT2D eigenvalue weighted by atomic mass is 19.2. The molecule has 0 aromatic heterocycles. The summed E-state index contributed by atoms with van der Waals surface area (Å²) in [5, 5.41) is 37.8. The lowest BCUT2D eigenvalue weighted by atomic mass is 10.2. The largest absolute Gasteiger partial charge is 0.503 e. The molecule has 0 fully saturated rings. The van der Waals surface area contributed by atoms with Gasteiger partial charge in [0, 0.05) is 5.56 Å². The SMILES string of the molecule is C.CCN(CC)CC.Cc1c(F)c(F)c(F)c(F)c1F.Nc1c(F)c(F)c(Oc2c(F)c(F)c(Oc3c(F)c(F)c(N)c(F)c3F)c(F)c2F)c(F)c1F.O=[N+]([O-])c1c(F)c(F)c(Oc2c(F)c(F)c(Oc3c(F)c(F)c([N+](=O)[O-])c(F)c3F)c(F)c2F)c(F)c1F.Oc1c(F)c(F)c(O)c(F)c1F. The van der Waals surface area contributed by atoms with Crippen molar-refractivity contribution in [2.45, 2.75) is 35.1 Å². The van der Waals surface area contributed by atoms with E-state index in [1.54, 1.807) is 0 Å². The van der Waals surface area contributed by atoms with Crippen molar-refractivity contribution in [1.82, 2.24) is 4.90 Å². The number of rotatable bonds is 13. The molecule has 15 nitrogen and oxygen atoms in total. The molecule has 0 saturated heterocycles. The Kier molecular flexibility index (Phi) is 28.4. The second-order valence-electron chi connectivity index (χ2n) is 18.4. The fourth-order valence-corrected chi connectivity index (χ4v) is 7.08. The zero-order valence-corrected chi connectivity index (χ0v) is 49.3. The van der Waals surface area contributed by atoms with Gasteiger partial charge in [0.25, 0.3) is 0 Å². The van der Waals surface area contributed by atoms with Crippen molar-refractivity contribution in [3.63, 3.8) is 0 Å². The Morgan fingerprint density at radius 2 is 0.423 bits per heavy atom. The van der Waals surface area contributed by atoms with E-state index in [0.29, 0.717) is 0 Å². The van der Waals surface area contributed by atoms with Gasteiger partial charge in [0.1, 0.15) is 11.4 Å². The first-order chi connectivity index (χ1) is 47.5. The van der Waals surface area contributed by atoms with Gasteiger partial charge in [-0.3, -0.25) is 20.2 Å². The van der Waals surface area contributed by atoms with Crippen LogP contribution in [0.5, 0.6) is 57.5 Å². The van der Waals surface area contributed by atoms with Gasteiger partial charge >= 0.3 is 11.4 Å². The molecular formula is C56H28F33N5O10. The summed E-state index contributed by atoms with van der Waals surface area (Å²) in [6.45, 7) is 10.9. The minimum Gasteiger partial charge on any atom is -0.503 e. The number of nitrogen functional groups attached to an aromatic ring is 2. The van der Waals surface area contributed by atoms with Crippen molar-refractivity contribution in [2.24, 2.45) is 0 Å². The molecule has 0 radical (unpaired) electrons. The highest BCUT2D eigenvalue weighted by molar-refractivity contribution is 5.53. The molecule has 0 aliphatic heterocycles. The third-order valence-corrected chi connectivity index (χ3v) is 12.4. The smallest absolute Gasteiger partial charge is 0.346 e. The summed E-state index contributed by atoms with van der Waals surface area (Å²) in [7, 11) is 0. The number of aromatic hydroxyl groups is 2. The average molecular weight is 1560 g/mol. The third kappa shape index (κ3) is 16.4. The highest BCUT2D eigenvalue weighted by Gasteiger charge is 2.41. The third-order valence-electron chi connectivity index (χ3n) is 12.4. The molecular weight excluding hydrogens is 1530 g/mol. The molecule has 568 valence electrons. The lowest BCUT2D eigenvalue weighted by Crippen LogP contribution is -2.21. The van der Waals surface area contributed by atoms with Crippen LogP contribution in [0, 0.1) is 219 Å². The molecule has 104 heavy (non-hydrogen) atoms. The van der Waals surface area contributed by atoms with Gasteiger partial charge in [0.2, 0.25) is 191 Å². The number of hydrogen-bond acceptors (Lipinski definition) is 13. The van der Waals surface area contributed by atoms with E-state index in [9.17, 15) is 165 Å². The first-order valence-electron chi connectivity index (χ1n) is 25.6. The van der Waals surface area contributed by atoms with Crippen molar-refractivity contribution in [3.05, 3.63) is 218 Å². The second kappa shape index (κ2) is 34.1. The van der Waals surface area contributed by atoms with Crippen molar-refractivity contribution < 1.29 is 184 Å². The number of halogens is 33. The fraction of sp³-hybridized carbons (Fsp3) is 0.143. The van der Waals surface area contributed by atoms with E-state index in [1.807, 2.05) is 0 Å². The summed E-state index contributed by atoms with van der Waals surface area (Å²) < 4.78 is 460. The number of hydrogen-bond donors (Lipinski definition) is 4. The molecule has 0 amide bonds. The molecule has 0 aliphatic carbocycles. The number of nitro groups is 2. The average Bonchev–Trinajstić information content (AvgIpc) is 0.760. The molecule has 0 aliphatic rings. The number of nitrogens with zero attached hydrogens (tertiary/aromatic N) is 3. The maximum Gasteiger partial charge on any atom is 0.346 e. The maximum absolute atomic E-state index is 14.3. The second-order valence-corrected chi connectivity index (χ2v) is 18.4. The Morgan fingerprint density at radius 1 is 0.279 bits per heavy atom. The summed E-state index contributed by atoms with van der Waals surface area (Å²) in [5.74, 6) is -104. The minimum atomic E-state index is -2.90. The molecule has 8 aromatic rings. The van der Waals surface area contributed by atoms with Crippen LogP contribution in [-0.2, 0) is 0 Å². The van der Waals surface area contributed by atoms with E-state index in [-0.39, 0.29) is 7.43 Å². The predicted octanol–water partition coefficient (Wildman–Crippen LogP) is 19.2. The van der Waals surface area contributed by atoms with Crippen LogP contribution < -0.4 is 30.4 Å². The number of benzene rings is 8. The van der Waals surface area contributed by atoms with Crippen LogP contribution in [0.2, 0.25) is 0 Å². The Labute approximate surface area is 552 Å². The fourth-order valence-electron chi connectivity index (χ4n) is 7.08. The number of phenolic OH excluding ortho intramolecular Hbond substituents is 2. The highest BCUT2D eigenvalue weighted by Crippen LogP contribution is 2.47. The van der Waals surface area contributed by atoms with Gasteiger partial charge in [-0.15, -0.1) is 0 Å². The van der Waals surface area contributed by atoms with Crippen LogP contribution >= 0.6 is 0 Å². The topological polar surface area (TPSA) is 219 Å². The lowest BCUT2D eigenvalue weighted by Gasteiger charge is -2.16. The molecule has 0 atom stereocenters. The minimum absolute atomic E-state index is 0. The summed E-state index contributed by atoms with van der Waals surface area (Å²) in [4.78, 5) is 19.5. The Hall–Kier alpha value is -11.4. The van der Waals surface area contributed by atoms with Crippen LogP contribution in [-0.4, -0.2) is 44.6 Å². The van der Waals surface area contributed by atoms with Crippen molar-refractivity contribution >= 4 is 22.7 Å². The van der Waals surface area contributed by atoms with Crippen molar-refractivity contribution in [1.29, 1.82) is 0 Å². The van der Waals surface area contributed by atoms with E-state index in [1.165, 1.54) is 19.6 Å². The number of anilines is 2. The molecule has 0 bridgehead atoms. The van der Waals surface area contributed by atoms with Gasteiger partial charge < -0.3 is 45.5 Å². The number of nitrogens with two attached hydrogens (primary N) is 2. The van der Waals surface area contributed by atoms with E-state index >= 15 is 0 Å². The normalized spacial score (nSPS) is 10.8. The van der Waals surface area contributed by atoms with Crippen LogP contribution in [0.4, 0.5) is 168 Å². The van der Waals surface area contributed by atoms with E-state index in [4.69, 9.17) is 21.7 Å². The van der Waals surface area contributed by atoms with Crippen LogP contribution in [0.15, 0.2) is 0 Å². The van der Waals surface area contributed by atoms with Crippen LogP contribution in [0.25, 0.3) is 0 Å². The standard InChI is InChI=1S/C18F12N2O6.C18H4F12N2O2.C7H3F5.C6H2F4O2.C6H15N.CH4/c19-1-5(23)15(6(24)2(20)13(1)31(33)34)37-17-9(27)11(29)18(12(30)10(17)28)38-16-7(25)3(21)14(32(35)36)4(22)8(16)26;19-1-5(23)15(6(24)2(20)13(1)31)33-17-9(27)11(29)18(12(30)10(17)28)34-16-7(25)3(21)14(32)4(22)8(16)26;1-2-3(8)5(10)7(12)6(11)4(2)9;7-1-2(8)6(12)4(10)3(9)5(1)11;1-4-7(5-2)6-3;/h;31-32H2;1H3;11-12H;4-6H2,1-3H3;1H4. The van der Waals surface area contributed by atoms with Gasteiger partial charge in [-0.05, 0) is 26.6 Å². The molecule has 0 heterocycles. The van der Waals surface area contributed by atoms with Crippen molar-refractivity contribution in [3.8, 4) is 57.5 Å². The molecule has 8 aromatic carbocycles. The zero-order chi connectivity index (χ0) is 79.4. The summed E-state index contributed by atoms with van der Waals surface area (Å²) >= 11 is 0. The number of nitro benzene ring substituents is 2. The van der Waals surface area contributed by atoms with E-state index in [0.717, 1.165) is 6.92 Å². The van der Waals surface area contributed by atoms with Crippen LogP contribution in [0.3, 0.4) is 0 Å². The molecule has 6 N–H and O–H groups in total. The quantitative estimate of drug-likeness (QED) is 0.0161. The zero-order valence-electron chi connectivity index (χ0n) is 49.3. The number of phenols is 2. The summed E-state index contributed by atoms with van der Waals surface area (Å²) in [6, 6.07) is 0.